The summed E-state index contributed by atoms with van der Waals surface area (Å²) in [5.74, 6) is 0.403. The molecule has 2 nitrogen and oxygen atoms in total. The van der Waals surface area contributed by atoms with Crippen LogP contribution >= 0.6 is 0 Å². The summed E-state index contributed by atoms with van der Waals surface area (Å²) in [6.45, 7) is 2.20. The van der Waals surface area contributed by atoms with Crippen LogP contribution in [-0.2, 0) is 0 Å². The molecular formula is C12H24O2. The molecule has 1 aliphatic carbocycles. The van der Waals surface area contributed by atoms with Crippen LogP contribution in [0.2, 0.25) is 0 Å². The molecule has 2 heteroatoms. The van der Waals surface area contributed by atoms with Crippen molar-refractivity contribution in [2.75, 3.05) is 0 Å². The topological polar surface area (TPSA) is 40.5 Å². The summed E-state index contributed by atoms with van der Waals surface area (Å²) in [6.07, 6.45) is 8.15. The zero-order valence-corrected chi connectivity index (χ0v) is 9.28. The Labute approximate surface area is 87.3 Å². The fraction of sp³-hybridized carbons (Fsp3) is 1.00. The van der Waals surface area contributed by atoms with Gasteiger partial charge < -0.3 is 10.2 Å². The molecule has 0 aromatic carbocycles. The van der Waals surface area contributed by atoms with E-state index in [0.29, 0.717) is 5.92 Å². The third-order valence-corrected chi connectivity index (χ3v) is 3.10. The van der Waals surface area contributed by atoms with Gasteiger partial charge in [-0.15, -0.1) is 0 Å². The molecule has 1 fully saturated rings. The van der Waals surface area contributed by atoms with Gasteiger partial charge in [-0.05, 0) is 25.2 Å². The van der Waals surface area contributed by atoms with Gasteiger partial charge in [0.15, 0.2) is 0 Å². The van der Waals surface area contributed by atoms with Gasteiger partial charge in [0.2, 0.25) is 0 Å². The van der Waals surface area contributed by atoms with Crippen molar-refractivity contribution in [3.05, 3.63) is 0 Å². The normalized spacial score (nSPS) is 20.8. The van der Waals surface area contributed by atoms with Gasteiger partial charge in [-0.3, -0.25) is 0 Å². The lowest BCUT2D eigenvalue weighted by Gasteiger charge is -2.16. The van der Waals surface area contributed by atoms with Gasteiger partial charge in [0.25, 0.3) is 0 Å². The van der Waals surface area contributed by atoms with E-state index in [1.807, 2.05) is 0 Å². The number of rotatable bonds is 8. The van der Waals surface area contributed by atoms with E-state index in [4.69, 9.17) is 0 Å². The molecule has 0 bridgehead atoms. The van der Waals surface area contributed by atoms with Gasteiger partial charge in [0.1, 0.15) is 0 Å². The predicted molar refractivity (Wildman–Crippen MR) is 58.1 cm³/mol. The fourth-order valence-corrected chi connectivity index (χ4v) is 1.88. The van der Waals surface area contributed by atoms with Crippen molar-refractivity contribution < 1.29 is 10.2 Å². The van der Waals surface area contributed by atoms with E-state index in [1.54, 1.807) is 0 Å². The predicted octanol–water partition coefficient (Wildman–Crippen LogP) is 2.48. The van der Waals surface area contributed by atoms with E-state index in [2.05, 4.69) is 6.92 Å². The van der Waals surface area contributed by atoms with Gasteiger partial charge in [0, 0.05) is 0 Å². The molecule has 0 spiro atoms. The third-order valence-electron chi connectivity index (χ3n) is 3.10. The second kappa shape index (κ2) is 6.41. The maximum absolute atomic E-state index is 9.63. The van der Waals surface area contributed by atoms with Gasteiger partial charge in [-0.2, -0.15) is 0 Å². The Hall–Kier alpha value is -0.0800. The van der Waals surface area contributed by atoms with Crippen LogP contribution in [0, 0.1) is 5.92 Å². The molecular weight excluding hydrogens is 176 g/mol. The van der Waals surface area contributed by atoms with E-state index >= 15 is 0 Å². The molecule has 2 N–H and O–H groups in total. The summed E-state index contributed by atoms with van der Waals surface area (Å²) >= 11 is 0. The molecule has 0 aromatic rings. The van der Waals surface area contributed by atoms with E-state index < -0.39 is 12.2 Å². The van der Waals surface area contributed by atoms with Crippen molar-refractivity contribution in [2.45, 2.75) is 70.5 Å². The standard InChI is InChI=1S/C12H24O2/c1-2-3-4-5-6-7-11(13)12(14)10-8-9-10/h10-14H,2-9H2,1H3. The minimum atomic E-state index is -0.468. The van der Waals surface area contributed by atoms with E-state index in [0.717, 1.165) is 25.7 Å². The Balaban J connectivity index is 1.94. The maximum atomic E-state index is 9.63. The summed E-state index contributed by atoms with van der Waals surface area (Å²) in [4.78, 5) is 0. The number of aliphatic hydroxyl groups excluding tert-OH is 2. The summed E-state index contributed by atoms with van der Waals surface area (Å²) in [7, 11) is 0. The van der Waals surface area contributed by atoms with Crippen LogP contribution in [0.1, 0.15) is 58.3 Å². The average Bonchev–Trinajstić information content (AvgIpc) is 2.99. The molecule has 0 saturated heterocycles. The highest BCUT2D eigenvalue weighted by atomic mass is 16.3. The van der Waals surface area contributed by atoms with Crippen LogP contribution < -0.4 is 0 Å². The minimum Gasteiger partial charge on any atom is -0.390 e. The molecule has 0 aliphatic heterocycles. The summed E-state index contributed by atoms with van der Waals surface area (Å²) in [6, 6.07) is 0. The largest absolute Gasteiger partial charge is 0.390 e. The quantitative estimate of drug-likeness (QED) is 0.591. The maximum Gasteiger partial charge on any atom is 0.0827 e. The molecule has 14 heavy (non-hydrogen) atoms. The fourth-order valence-electron chi connectivity index (χ4n) is 1.88. The first-order chi connectivity index (χ1) is 6.75. The zero-order chi connectivity index (χ0) is 10.4. The second-order valence-electron chi connectivity index (χ2n) is 4.60. The van der Waals surface area contributed by atoms with Crippen LogP contribution in [0.3, 0.4) is 0 Å². The number of hydrogen-bond donors (Lipinski definition) is 2. The molecule has 1 saturated carbocycles. The van der Waals surface area contributed by atoms with Gasteiger partial charge in [0.05, 0.1) is 12.2 Å². The highest BCUT2D eigenvalue weighted by molar-refractivity contribution is 4.85. The number of aliphatic hydroxyl groups is 2. The summed E-state index contributed by atoms with van der Waals surface area (Å²) in [5.41, 5.74) is 0. The highest BCUT2D eigenvalue weighted by Crippen LogP contribution is 2.34. The molecule has 0 amide bonds. The number of hydrogen-bond acceptors (Lipinski definition) is 2. The molecule has 0 radical (unpaired) electrons. The van der Waals surface area contributed by atoms with Crippen LogP contribution in [0.5, 0.6) is 0 Å². The Morgan fingerprint density at radius 3 is 2.29 bits per heavy atom. The average molecular weight is 200 g/mol. The Bertz CT molecular complexity index is 143. The Kier molecular flexibility index (Phi) is 5.49. The van der Waals surface area contributed by atoms with E-state index in [1.165, 1.54) is 25.7 Å². The zero-order valence-electron chi connectivity index (χ0n) is 9.28. The van der Waals surface area contributed by atoms with Crippen LogP contribution in [-0.4, -0.2) is 22.4 Å². The van der Waals surface area contributed by atoms with Crippen LogP contribution in [0.25, 0.3) is 0 Å². The molecule has 1 aliphatic rings. The van der Waals surface area contributed by atoms with Crippen LogP contribution in [0.4, 0.5) is 0 Å². The van der Waals surface area contributed by atoms with Gasteiger partial charge in [-0.1, -0.05) is 39.0 Å². The second-order valence-corrected chi connectivity index (χ2v) is 4.60. The first kappa shape index (κ1) is 12.0. The lowest BCUT2D eigenvalue weighted by atomic mass is 10.0. The van der Waals surface area contributed by atoms with Crippen molar-refractivity contribution in [3.8, 4) is 0 Å². The smallest absolute Gasteiger partial charge is 0.0827 e. The third kappa shape index (κ3) is 4.43. The molecule has 84 valence electrons. The first-order valence-electron chi connectivity index (χ1n) is 6.11. The lowest BCUT2D eigenvalue weighted by molar-refractivity contribution is 0.000317. The molecule has 2 atom stereocenters. The molecule has 0 aromatic heterocycles. The van der Waals surface area contributed by atoms with Crippen molar-refractivity contribution in [3.63, 3.8) is 0 Å². The highest BCUT2D eigenvalue weighted by Gasteiger charge is 2.33. The summed E-state index contributed by atoms with van der Waals surface area (Å²) in [5, 5.41) is 19.2. The molecule has 2 unspecified atom stereocenters. The minimum absolute atomic E-state index is 0.403. The van der Waals surface area contributed by atoms with Crippen LogP contribution in [0.15, 0.2) is 0 Å². The monoisotopic (exact) mass is 200 g/mol. The lowest BCUT2D eigenvalue weighted by Crippen LogP contribution is -2.27. The molecule has 0 heterocycles. The SMILES string of the molecule is CCCCCCCC(O)C(O)C1CC1. The van der Waals surface area contributed by atoms with Gasteiger partial charge >= 0.3 is 0 Å². The number of unbranched alkanes of at least 4 members (excludes halogenated alkanes) is 4. The van der Waals surface area contributed by atoms with Crippen molar-refractivity contribution in [1.29, 1.82) is 0 Å². The van der Waals surface area contributed by atoms with Crippen molar-refractivity contribution in [2.24, 2.45) is 5.92 Å². The molecule has 1 rings (SSSR count). The first-order valence-corrected chi connectivity index (χ1v) is 6.11. The van der Waals surface area contributed by atoms with E-state index in [-0.39, 0.29) is 0 Å². The van der Waals surface area contributed by atoms with Crippen molar-refractivity contribution >= 4 is 0 Å². The summed E-state index contributed by atoms with van der Waals surface area (Å²) < 4.78 is 0. The van der Waals surface area contributed by atoms with Crippen molar-refractivity contribution in [1.82, 2.24) is 0 Å². The Morgan fingerprint density at radius 1 is 1.07 bits per heavy atom. The van der Waals surface area contributed by atoms with E-state index in [9.17, 15) is 10.2 Å². The van der Waals surface area contributed by atoms with Gasteiger partial charge in [-0.25, -0.2) is 0 Å². The Morgan fingerprint density at radius 2 is 1.71 bits per heavy atom.